The van der Waals surface area contributed by atoms with Gasteiger partial charge in [-0.15, -0.1) is 0 Å². The van der Waals surface area contributed by atoms with Crippen molar-refractivity contribution in [2.75, 3.05) is 6.61 Å². The number of carbonyl (C=O) groups excluding carboxylic acids is 1. The van der Waals surface area contributed by atoms with Crippen molar-refractivity contribution in [3.05, 3.63) is 28.6 Å². The van der Waals surface area contributed by atoms with E-state index in [1.807, 2.05) is 0 Å². The fourth-order valence-electron chi connectivity index (χ4n) is 1.51. The van der Waals surface area contributed by atoms with Gasteiger partial charge in [0.15, 0.2) is 0 Å². The Morgan fingerprint density at radius 1 is 1.61 bits per heavy atom. The summed E-state index contributed by atoms with van der Waals surface area (Å²) in [4.78, 5) is 14.9. The van der Waals surface area contributed by atoms with Crippen LogP contribution in [-0.4, -0.2) is 17.6 Å². The monoisotopic (exact) mass is 254 g/mol. The molecule has 0 unspecified atom stereocenters. The SMILES string of the molecule is CCOC(=O)Cc1c(C)cc(C(F)F)nc1C#N. The van der Waals surface area contributed by atoms with Crippen LogP contribution in [-0.2, 0) is 16.0 Å². The Bertz CT molecular complexity index is 496. The normalized spacial score (nSPS) is 10.2. The second kappa shape index (κ2) is 6.05. The number of hydrogen-bond donors (Lipinski definition) is 0. The van der Waals surface area contributed by atoms with E-state index < -0.39 is 18.1 Å². The van der Waals surface area contributed by atoms with E-state index in [2.05, 4.69) is 4.98 Å². The Kier molecular flexibility index (Phi) is 4.72. The second-order valence-electron chi connectivity index (χ2n) is 3.59. The van der Waals surface area contributed by atoms with Gasteiger partial charge in [0.1, 0.15) is 17.5 Å². The van der Waals surface area contributed by atoms with Gasteiger partial charge in [-0.05, 0) is 25.5 Å². The summed E-state index contributed by atoms with van der Waals surface area (Å²) in [6, 6.07) is 2.91. The highest BCUT2D eigenvalue weighted by Crippen LogP contribution is 2.22. The standard InChI is InChI=1S/C12H12F2N2O2/c1-3-18-11(17)5-8-7(2)4-9(12(13)14)16-10(8)6-15/h4,12H,3,5H2,1-2H3. The average Bonchev–Trinajstić information content (AvgIpc) is 2.31. The van der Waals surface area contributed by atoms with Crippen LogP contribution in [0.25, 0.3) is 0 Å². The van der Waals surface area contributed by atoms with Crippen molar-refractivity contribution >= 4 is 5.97 Å². The number of rotatable bonds is 4. The van der Waals surface area contributed by atoms with Gasteiger partial charge in [-0.25, -0.2) is 13.8 Å². The van der Waals surface area contributed by atoms with Crippen molar-refractivity contribution in [3.8, 4) is 6.07 Å². The predicted octanol–water partition coefficient (Wildman–Crippen LogP) is 2.30. The molecule has 0 spiro atoms. The van der Waals surface area contributed by atoms with E-state index >= 15 is 0 Å². The van der Waals surface area contributed by atoms with Gasteiger partial charge in [0.05, 0.1) is 13.0 Å². The predicted molar refractivity (Wildman–Crippen MR) is 59.0 cm³/mol. The van der Waals surface area contributed by atoms with Gasteiger partial charge in [-0.1, -0.05) is 0 Å². The fraction of sp³-hybridized carbons (Fsp3) is 0.417. The molecule has 0 atom stereocenters. The summed E-state index contributed by atoms with van der Waals surface area (Å²) < 4.78 is 29.8. The summed E-state index contributed by atoms with van der Waals surface area (Å²) in [5, 5.41) is 8.88. The van der Waals surface area contributed by atoms with E-state index in [1.165, 1.54) is 6.07 Å². The first-order valence-electron chi connectivity index (χ1n) is 5.33. The third-order valence-corrected chi connectivity index (χ3v) is 2.32. The fourth-order valence-corrected chi connectivity index (χ4v) is 1.51. The molecular weight excluding hydrogens is 242 g/mol. The molecule has 18 heavy (non-hydrogen) atoms. The first-order chi connectivity index (χ1) is 8.49. The van der Waals surface area contributed by atoms with E-state index in [-0.39, 0.29) is 18.7 Å². The second-order valence-corrected chi connectivity index (χ2v) is 3.59. The van der Waals surface area contributed by atoms with Gasteiger partial charge >= 0.3 is 5.97 Å². The Labute approximate surface area is 103 Å². The maximum absolute atomic E-state index is 12.5. The minimum Gasteiger partial charge on any atom is -0.466 e. The highest BCUT2D eigenvalue weighted by molar-refractivity contribution is 5.73. The maximum Gasteiger partial charge on any atom is 0.310 e. The average molecular weight is 254 g/mol. The Balaban J connectivity index is 3.12. The van der Waals surface area contributed by atoms with Crippen LogP contribution >= 0.6 is 0 Å². The molecule has 0 N–H and O–H groups in total. The van der Waals surface area contributed by atoms with Crippen LogP contribution in [0.5, 0.6) is 0 Å². The van der Waals surface area contributed by atoms with Gasteiger partial charge in [0, 0.05) is 5.56 Å². The highest BCUT2D eigenvalue weighted by atomic mass is 19.3. The number of hydrogen-bond acceptors (Lipinski definition) is 4. The molecule has 0 fully saturated rings. The summed E-state index contributed by atoms with van der Waals surface area (Å²) >= 11 is 0. The molecule has 1 aromatic heterocycles. The highest BCUT2D eigenvalue weighted by Gasteiger charge is 2.17. The molecule has 0 saturated heterocycles. The van der Waals surface area contributed by atoms with E-state index in [0.29, 0.717) is 11.1 Å². The number of halogens is 2. The Hall–Kier alpha value is -2.03. The number of nitriles is 1. The van der Waals surface area contributed by atoms with Crippen LogP contribution in [0, 0.1) is 18.3 Å². The summed E-state index contributed by atoms with van der Waals surface area (Å²) in [5.74, 6) is -0.510. The molecule has 96 valence electrons. The van der Waals surface area contributed by atoms with Crippen molar-refractivity contribution in [1.29, 1.82) is 5.26 Å². The molecule has 4 nitrogen and oxygen atoms in total. The van der Waals surface area contributed by atoms with E-state index in [0.717, 1.165) is 0 Å². The minimum absolute atomic E-state index is 0.140. The number of aromatic nitrogens is 1. The summed E-state index contributed by atoms with van der Waals surface area (Å²) in [5.41, 5.74) is 0.153. The lowest BCUT2D eigenvalue weighted by Gasteiger charge is -2.09. The molecule has 1 heterocycles. The Morgan fingerprint density at radius 2 is 2.28 bits per heavy atom. The molecule has 0 amide bonds. The van der Waals surface area contributed by atoms with E-state index in [4.69, 9.17) is 10.00 Å². The summed E-state index contributed by atoms with van der Waals surface area (Å²) in [6.45, 7) is 3.44. The lowest BCUT2D eigenvalue weighted by molar-refractivity contribution is -0.142. The van der Waals surface area contributed by atoms with Crippen molar-refractivity contribution in [2.45, 2.75) is 26.7 Å². The zero-order chi connectivity index (χ0) is 13.7. The zero-order valence-corrected chi connectivity index (χ0v) is 10.0. The molecule has 0 radical (unpaired) electrons. The van der Waals surface area contributed by atoms with Gasteiger partial charge in [0.25, 0.3) is 6.43 Å². The number of esters is 1. The molecule has 1 aromatic rings. The number of nitrogens with zero attached hydrogens (tertiary/aromatic N) is 2. The third-order valence-electron chi connectivity index (χ3n) is 2.32. The van der Waals surface area contributed by atoms with Crippen LogP contribution in [0.15, 0.2) is 6.07 Å². The van der Waals surface area contributed by atoms with Crippen LogP contribution in [0.2, 0.25) is 0 Å². The number of pyridine rings is 1. The smallest absolute Gasteiger partial charge is 0.310 e. The van der Waals surface area contributed by atoms with Crippen molar-refractivity contribution in [3.63, 3.8) is 0 Å². The first-order valence-corrected chi connectivity index (χ1v) is 5.33. The third kappa shape index (κ3) is 3.23. The molecule has 6 heteroatoms. The van der Waals surface area contributed by atoms with Crippen molar-refractivity contribution in [2.24, 2.45) is 0 Å². The molecule has 0 saturated carbocycles. The maximum atomic E-state index is 12.5. The van der Waals surface area contributed by atoms with Gasteiger partial charge in [-0.3, -0.25) is 4.79 Å². The first kappa shape index (κ1) is 14.0. The molecular formula is C12H12F2N2O2. The van der Waals surface area contributed by atoms with Gasteiger partial charge in [0.2, 0.25) is 0 Å². The van der Waals surface area contributed by atoms with Gasteiger partial charge < -0.3 is 4.74 Å². The molecule has 1 rings (SSSR count). The van der Waals surface area contributed by atoms with Crippen LogP contribution < -0.4 is 0 Å². The van der Waals surface area contributed by atoms with Crippen LogP contribution in [0.1, 0.15) is 35.9 Å². The lowest BCUT2D eigenvalue weighted by atomic mass is 10.0. The van der Waals surface area contributed by atoms with Crippen molar-refractivity contribution in [1.82, 2.24) is 4.98 Å². The number of alkyl halides is 2. The molecule has 0 bridgehead atoms. The lowest BCUT2D eigenvalue weighted by Crippen LogP contribution is -2.11. The van der Waals surface area contributed by atoms with Crippen LogP contribution in [0.4, 0.5) is 8.78 Å². The summed E-state index contributed by atoms with van der Waals surface area (Å²) in [6.07, 6.45) is -2.88. The van der Waals surface area contributed by atoms with Gasteiger partial charge in [-0.2, -0.15) is 5.26 Å². The molecule has 0 aliphatic rings. The largest absolute Gasteiger partial charge is 0.466 e. The zero-order valence-electron chi connectivity index (χ0n) is 10.0. The quantitative estimate of drug-likeness (QED) is 0.773. The molecule has 0 aliphatic heterocycles. The van der Waals surface area contributed by atoms with E-state index in [1.54, 1.807) is 19.9 Å². The number of carbonyl (C=O) groups is 1. The topological polar surface area (TPSA) is 63.0 Å². The van der Waals surface area contributed by atoms with E-state index in [9.17, 15) is 13.6 Å². The van der Waals surface area contributed by atoms with Crippen molar-refractivity contribution < 1.29 is 18.3 Å². The number of aryl methyl sites for hydroxylation is 1. The minimum atomic E-state index is -2.74. The number of ether oxygens (including phenoxy) is 1. The molecule has 0 aromatic carbocycles. The summed E-state index contributed by atoms with van der Waals surface area (Å²) in [7, 11) is 0. The molecule has 0 aliphatic carbocycles. The Morgan fingerprint density at radius 3 is 2.78 bits per heavy atom. The van der Waals surface area contributed by atoms with Crippen LogP contribution in [0.3, 0.4) is 0 Å².